The summed E-state index contributed by atoms with van der Waals surface area (Å²) >= 11 is 9.14. The van der Waals surface area contributed by atoms with Crippen molar-refractivity contribution in [2.45, 2.75) is 45.1 Å². The molecule has 0 spiro atoms. The Morgan fingerprint density at radius 3 is 1.20 bits per heavy atom. The molecule has 7 N–H and O–H groups in total. The van der Waals surface area contributed by atoms with Crippen LogP contribution in [0.5, 0.6) is 0 Å². The first kappa shape index (κ1) is 88.6. The van der Waals surface area contributed by atoms with Crippen molar-refractivity contribution in [1.82, 2.24) is 19.6 Å². The van der Waals surface area contributed by atoms with Gasteiger partial charge in [0.05, 0.1) is 57.9 Å². The predicted octanol–water partition coefficient (Wildman–Crippen LogP) is 14.4. The molecule has 0 saturated heterocycles. The van der Waals surface area contributed by atoms with Gasteiger partial charge in [-0.05, 0) is 165 Å². The van der Waals surface area contributed by atoms with E-state index in [9.17, 15) is 10.1 Å². The van der Waals surface area contributed by atoms with Gasteiger partial charge < -0.3 is 84.3 Å². The molecule has 4 aliphatic rings. The van der Waals surface area contributed by atoms with E-state index in [1.807, 2.05) is 102 Å². The largest absolute Gasteiger partial charge is 0.464 e. The third kappa shape index (κ3) is 31.0. The van der Waals surface area contributed by atoms with Gasteiger partial charge in [0.1, 0.15) is 17.3 Å². The molecule has 0 bridgehead atoms. The zero-order valence-corrected chi connectivity index (χ0v) is 66.7. The standard InChI is InChI=1S/2C18H23N3OS.C13H12OS.C12H17N3O2S.C12H19N3S.C2H6O.2CH4O.ClH/c2*1-20(2)7-8-21-9-11-23-18-13-14(5-6-16(18)21)12-15(19)17-4-3-10-22-17;1-11(13-8-5-9-14-13)15-10-12-6-3-2-4-7-12;1-13(2)5-6-14-7-8-18-12-9-10(15(16)17)3-4-11(12)14;1-14(2)5-6-15-7-8-16-12-9-10(13)3-4-11(12)15;1-2-3;2*1-2;/h2*3-6,10,13,19H,7-9,11-12H2,1-2H3;2-9H,1,10H2;3-4,9H,5-8H2,1-2H3;3-4,9H,5-8,13H2,1-2H3;3H,2H2,1H3;2*2H,1H3;1H. The molecular formula is C77H109ClN12O8S5. The van der Waals surface area contributed by atoms with Crippen LogP contribution in [0.3, 0.4) is 0 Å². The van der Waals surface area contributed by atoms with Crippen molar-refractivity contribution in [3.05, 3.63) is 209 Å². The molecule has 7 heterocycles. The van der Waals surface area contributed by atoms with E-state index in [2.05, 4.69) is 163 Å². The van der Waals surface area contributed by atoms with E-state index in [-0.39, 0.29) is 29.6 Å². The number of benzene rings is 5. The molecule has 0 amide bonds. The number of fused-ring (bicyclic) bond motifs is 4. The molecule has 12 rings (SSSR count). The summed E-state index contributed by atoms with van der Waals surface area (Å²) in [6.45, 7) is 18.6. The molecule has 0 unspecified atom stereocenters. The third-order valence-corrected chi connectivity index (χ3v) is 20.9. The number of nitrogens with zero attached hydrogens (tertiary/aromatic N) is 9. The summed E-state index contributed by atoms with van der Waals surface area (Å²) in [6, 6.07) is 46.0. The van der Waals surface area contributed by atoms with Gasteiger partial charge in [-0.2, -0.15) is 0 Å². The first-order valence-electron chi connectivity index (χ1n) is 33.9. The Bertz CT molecular complexity index is 3590. The number of nitro benzene ring substituents is 1. The number of halogens is 1. The number of nitrogens with two attached hydrogens (primary N) is 1. The second-order valence-electron chi connectivity index (χ2n) is 24.6. The zero-order chi connectivity index (χ0) is 74.3. The Morgan fingerprint density at radius 1 is 0.515 bits per heavy atom. The van der Waals surface area contributed by atoms with Gasteiger partial charge >= 0.3 is 0 Å². The lowest BCUT2D eigenvalue weighted by Crippen LogP contribution is -2.35. The van der Waals surface area contributed by atoms with Crippen LogP contribution in [0.15, 0.2) is 198 Å². The Morgan fingerprint density at radius 2 is 0.854 bits per heavy atom. The summed E-state index contributed by atoms with van der Waals surface area (Å²) < 4.78 is 15.9. The summed E-state index contributed by atoms with van der Waals surface area (Å²) in [5.41, 5.74) is 16.7. The molecule has 20 nitrogen and oxygen atoms in total. The number of nitrogens with one attached hydrogen (secondary N) is 2. The lowest BCUT2D eigenvalue weighted by Gasteiger charge is -2.32. The van der Waals surface area contributed by atoms with Gasteiger partial charge in [0.15, 0.2) is 0 Å². The normalized spacial score (nSPS) is 13.0. The van der Waals surface area contributed by atoms with Gasteiger partial charge in [-0.25, -0.2) is 0 Å². The van der Waals surface area contributed by atoms with E-state index in [1.165, 1.54) is 48.4 Å². The second kappa shape index (κ2) is 49.1. The molecule has 26 heteroatoms. The smallest absolute Gasteiger partial charge is 0.270 e. The van der Waals surface area contributed by atoms with Gasteiger partial charge in [0.25, 0.3) is 5.69 Å². The van der Waals surface area contributed by atoms with Crippen LogP contribution in [0.25, 0.3) is 4.91 Å². The van der Waals surface area contributed by atoms with Crippen molar-refractivity contribution >= 4 is 122 Å². The predicted molar refractivity (Wildman–Crippen MR) is 443 cm³/mol. The number of nitro groups is 1. The van der Waals surface area contributed by atoms with Crippen LogP contribution in [0.2, 0.25) is 0 Å². The van der Waals surface area contributed by atoms with Gasteiger partial charge in [-0.15, -0.1) is 71.2 Å². The summed E-state index contributed by atoms with van der Waals surface area (Å²) in [5, 5.41) is 48.6. The zero-order valence-electron chi connectivity index (χ0n) is 61.8. The van der Waals surface area contributed by atoms with Crippen molar-refractivity contribution in [2.75, 3.05) is 204 Å². The number of anilines is 5. The Hall–Kier alpha value is -6.82. The van der Waals surface area contributed by atoms with E-state index in [4.69, 9.17) is 45.1 Å². The van der Waals surface area contributed by atoms with Crippen LogP contribution in [0.1, 0.15) is 40.9 Å². The minimum absolute atomic E-state index is 0. The number of likely N-dealkylation sites (N-methyl/N-ethyl adjacent to an activating group) is 4. The summed E-state index contributed by atoms with van der Waals surface area (Å²) in [6.07, 6.45) is 6.13. The second-order valence-corrected chi connectivity index (χ2v) is 30.2. The van der Waals surface area contributed by atoms with Crippen LogP contribution in [-0.2, 0) is 18.6 Å². The van der Waals surface area contributed by atoms with Crippen molar-refractivity contribution in [1.29, 1.82) is 10.8 Å². The number of thioether (sulfide) groups is 5. The fourth-order valence-electron chi connectivity index (χ4n) is 10.5. The van der Waals surface area contributed by atoms with Crippen LogP contribution < -0.4 is 25.3 Å². The highest BCUT2D eigenvalue weighted by molar-refractivity contribution is 8.07. The quantitative estimate of drug-likeness (QED) is 0.0151. The average molecular weight is 1530 g/mol. The first-order valence-corrected chi connectivity index (χ1v) is 38.9. The number of non-ortho nitro benzene ring substituents is 1. The molecule has 103 heavy (non-hydrogen) atoms. The van der Waals surface area contributed by atoms with Crippen molar-refractivity contribution in [2.24, 2.45) is 0 Å². The maximum Gasteiger partial charge on any atom is 0.270 e. The van der Waals surface area contributed by atoms with Crippen LogP contribution in [-0.4, -0.2) is 230 Å². The number of aliphatic hydroxyl groups is 3. The lowest BCUT2D eigenvalue weighted by molar-refractivity contribution is -0.385. The highest BCUT2D eigenvalue weighted by atomic mass is 35.5. The van der Waals surface area contributed by atoms with Crippen molar-refractivity contribution in [3.63, 3.8) is 0 Å². The molecule has 0 fully saturated rings. The van der Waals surface area contributed by atoms with Gasteiger partial charge in [0.2, 0.25) is 0 Å². The number of aliphatic hydroxyl groups excluding tert-OH is 3. The Labute approximate surface area is 639 Å². The molecule has 0 atom stereocenters. The molecule has 3 aromatic heterocycles. The van der Waals surface area contributed by atoms with E-state index < -0.39 is 0 Å². The van der Waals surface area contributed by atoms with Gasteiger partial charge in [-0.1, -0.05) is 49.0 Å². The number of hydrogen-bond donors (Lipinski definition) is 6. The first-order chi connectivity index (χ1) is 49.3. The van der Waals surface area contributed by atoms with E-state index in [0.29, 0.717) is 35.8 Å². The maximum atomic E-state index is 10.8. The van der Waals surface area contributed by atoms with E-state index in [0.717, 1.165) is 148 Å². The molecule has 5 aromatic carbocycles. The number of rotatable bonds is 23. The molecule has 0 saturated carbocycles. The van der Waals surface area contributed by atoms with Crippen LogP contribution >= 0.6 is 71.2 Å². The summed E-state index contributed by atoms with van der Waals surface area (Å²) in [7, 11) is 18.8. The van der Waals surface area contributed by atoms with Crippen LogP contribution in [0.4, 0.5) is 34.1 Å². The van der Waals surface area contributed by atoms with Crippen LogP contribution in [0, 0.1) is 20.9 Å². The highest BCUT2D eigenvalue weighted by Crippen LogP contribution is 2.40. The molecular weight excluding hydrogens is 1420 g/mol. The topological polar surface area (TPSA) is 243 Å². The lowest BCUT2D eigenvalue weighted by atomic mass is 10.1. The number of hydrogen-bond acceptors (Lipinski definition) is 24. The SMILES string of the molecule is C=C(SCc1ccccc1)c1ccco1.CCO.CN(C)CCN1CCSc2cc(CC(=N)c3ccco3)ccc21.CN(C)CCN1CCSc2cc(CC(=N)c3ccco3)ccc21.CN(C)CCN1CCSc2cc(N)ccc21.CN(C)CCN1CCSc2cc([N+](=O)[O-])ccc21.CO.CO.Cl. The van der Waals surface area contributed by atoms with Crippen molar-refractivity contribution < 1.29 is 33.5 Å². The molecule has 0 radical (unpaired) electrons. The maximum absolute atomic E-state index is 10.8. The fraction of sp³-hybridized carbons (Fsp3) is 0.403. The molecule has 0 aliphatic carbocycles. The summed E-state index contributed by atoms with van der Waals surface area (Å²) in [5.74, 6) is 7.49. The summed E-state index contributed by atoms with van der Waals surface area (Å²) in [4.78, 5) is 34.9. The van der Waals surface area contributed by atoms with Gasteiger partial charge in [-0.3, -0.25) is 10.1 Å². The number of nitrogen functional groups attached to an aromatic ring is 1. The molecule has 8 aromatic rings. The third-order valence-electron chi connectivity index (χ3n) is 15.7. The fourth-order valence-corrected chi connectivity index (χ4v) is 15.7. The Kier molecular flexibility index (Phi) is 42.2. The molecule has 4 aliphatic heterocycles. The minimum atomic E-state index is -0.334. The molecule has 562 valence electrons. The van der Waals surface area contributed by atoms with E-state index >= 15 is 0 Å². The average Bonchev–Trinajstić information content (AvgIpc) is 1.59. The van der Waals surface area contributed by atoms with E-state index in [1.54, 1.807) is 61.4 Å². The number of furan rings is 3. The Balaban J connectivity index is 0.000000268. The monoisotopic (exact) mass is 1520 g/mol. The minimum Gasteiger partial charge on any atom is -0.464 e. The highest BCUT2D eigenvalue weighted by Gasteiger charge is 2.23. The van der Waals surface area contributed by atoms with Gasteiger partial charge in [0, 0.05) is 183 Å². The van der Waals surface area contributed by atoms with Crippen molar-refractivity contribution in [3.8, 4) is 0 Å².